The van der Waals surface area contributed by atoms with E-state index in [4.69, 9.17) is 9.47 Å². The molecule has 1 amide bonds. The third-order valence-electron chi connectivity index (χ3n) is 4.66. The van der Waals surface area contributed by atoms with E-state index in [2.05, 4.69) is 25.9 Å². The molecule has 0 aliphatic heterocycles. The maximum Gasteiger partial charge on any atom is 0.222 e. The summed E-state index contributed by atoms with van der Waals surface area (Å²) < 4.78 is 10.6. The zero-order valence-corrected chi connectivity index (χ0v) is 18.1. The number of hydrogen-bond donors (Lipinski definition) is 0. The molecule has 0 saturated heterocycles. The maximum atomic E-state index is 12.7. The minimum atomic E-state index is 0.243. The number of unbranched alkanes of at least 4 members (excludes halogenated alkanes) is 6. The molecule has 0 bridgehead atoms. The number of rotatable bonds is 18. The van der Waals surface area contributed by atoms with Gasteiger partial charge in [-0.15, -0.1) is 0 Å². The molecule has 0 aliphatic rings. The highest BCUT2D eigenvalue weighted by atomic mass is 16.5. The Morgan fingerprint density at radius 3 is 2.00 bits per heavy atom. The second-order valence-electron chi connectivity index (χ2n) is 7.64. The minimum absolute atomic E-state index is 0.243. The number of carbonyl (C=O) groups is 1. The molecule has 0 saturated carbocycles. The van der Waals surface area contributed by atoms with Crippen LogP contribution in [0.2, 0.25) is 0 Å². The van der Waals surface area contributed by atoms with Gasteiger partial charge in [0.05, 0.1) is 13.2 Å². The molecule has 0 unspecified atom stereocenters. The van der Waals surface area contributed by atoms with Crippen molar-refractivity contribution >= 4 is 5.91 Å². The van der Waals surface area contributed by atoms with Crippen molar-refractivity contribution < 1.29 is 14.3 Å². The average molecular weight is 373 g/mol. The molecular weight excluding hydrogens is 328 g/mol. The van der Waals surface area contributed by atoms with Crippen LogP contribution in [0, 0.1) is 5.92 Å². The average Bonchev–Trinajstić information content (AvgIpc) is 2.60. The van der Waals surface area contributed by atoms with E-state index in [1.807, 2.05) is 4.90 Å². The summed E-state index contributed by atoms with van der Waals surface area (Å²) in [6.07, 6.45) is 10.1. The van der Waals surface area contributed by atoms with Gasteiger partial charge in [0.25, 0.3) is 0 Å². The van der Waals surface area contributed by atoms with Gasteiger partial charge in [-0.1, -0.05) is 39.0 Å². The molecule has 0 aliphatic carbocycles. The molecule has 5 heteroatoms. The summed E-state index contributed by atoms with van der Waals surface area (Å²) >= 11 is 0. The third-order valence-corrected chi connectivity index (χ3v) is 4.66. The molecule has 0 heterocycles. The Balaban J connectivity index is 4.40. The van der Waals surface area contributed by atoms with E-state index < -0.39 is 0 Å². The fraction of sp³-hybridized carbons (Fsp3) is 0.952. The van der Waals surface area contributed by atoms with Gasteiger partial charge in [0.2, 0.25) is 5.91 Å². The molecule has 0 spiro atoms. The molecule has 0 aromatic rings. The number of carbonyl (C=O) groups excluding carboxylic acids is 1. The lowest BCUT2D eigenvalue weighted by molar-refractivity contribution is -0.132. The van der Waals surface area contributed by atoms with Gasteiger partial charge in [-0.2, -0.15) is 0 Å². The fourth-order valence-electron chi connectivity index (χ4n) is 3.20. The molecule has 26 heavy (non-hydrogen) atoms. The SMILES string of the molecule is CCCCCCCCC(=O)N(CCCCN(C)C)CC(COC)COC. The van der Waals surface area contributed by atoms with Crippen molar-refractivity contribution in [2.24, 2.45) is 5.92 Å². The van der Waals surface area contributed by atoms with Gasteiger partial charge in [0.1, 0.15) is 0 Å². The van der Waals surface area contributed by atoms with Crippen LogP contribution in [-0.2, 0) is 14.3 Å². The lowest BCUT2D eigenvalue weighted by Gasteiger charge is -2.27. The number of nitrogens with zero attached hydrogens (tertiary/aromatic N) is 2. The van der Waals surface area contributed by atoms with E-state index in [0.717, 1.165) is 38.9 Å². The van der Waals surface area contributed by atoms with Crippen LogP contribution in [0.15, 0.2) is 0 Å². The molecule has 0 fully saturated rings. The third kappa shape index (κ3) is 14.5. The van der Waals surface area contributed by atoms with Gasteiger partial charge in [-0.3, -0.25) is 4.79 Å². The van der Waals surface area contributed by atoms with Crippen molar-refractivity contribution in [2.75, 3.05) is 61.2 Å². The van der Waals surface area contributed by atoms with E-state index >= 15 is 0 Å². The Kier molecular flexibility index (Phi) is 17.3. The fourth-order valence-corrected chi connectivity index (χ4v) is 3.20. The first-order chi connectivity index (χ1) is 12.5. The number of ether oxygens (including phenoxy) is 2. The quantitative estimate of drug-likeness (QED) is 0.343. The molecule has 0 atom stereocenters. The van der Waals surface area contributed by atoms with E-state index in [9.17, 15) is 4.79 Å². The van der Waals surface area contributed by atoms with Crippen LogP contribution in [0.4, 0.5) is 0 Å². The first-order valence-corrected chi connectivity index (χ1v) is 10.5. The van der Waals surface area contributed by atoms with Crippen LogP contribution in [-0.4, -0.2) is 76.9 Å². The maximum absolute atomic E-state index is 12.7. The van der Waals surface area contributed by atoms with Crippen LogP contribution >= 0.6 is 0 Å². The predicted molar refractivity (Wildman–Crippen MR) is 110 cm³/mol. The van der Waals surface area contributed by atoms with Crippen molar-refractivity contribution in [3.8, 4) is 0 Å². The Bertz CT molecular complexity index is 318. The number of methoxy groups -OCH3 is 2. The Morgan fingerprint density at radius 1 is 0.846 bits per heavy atom. The van der Waals surface area contributed by atoms with E-state index in [1.54, 1.807) is 14.2 Å². The van der Waals surface area contributed by atoms with Crippen LogP contribution < -0.4 is 0 Å². The highest BCUT2D eigenvalue weighted by Crippen LogP contribution is 2.11. The lowest BCUT2D eigenvalue weighted by atomic mass is 10.1. The highest BCUT2D eigenvalue weighted by Gasteiger charge is 2.18. The molecule has 0 rings (SSSR count). The van der Waals surface area contributed by atoms with Gasteiger partial charge in [0.15, 0.2) is 0 Å². The van der Waals surface area contributed by atoms with E-state index in [-0.39, 0.29) is 5.92 Å². The van der Waals surface area contributed by atoms with Crippen LogP contribution in [0.25, 0.3) is 0 Å². The lowest BCUT2D eigenvalue weighted by Crippen LogP contribution is -2.39. The standard InChI is InChI=1S/C21H44N2O3/c1-6-7-8-9-10-11-14-21(24)23(16-13-12-15-22(2)3)17-20(18-25-4)19-26-5/h20H,6-19H2,1-5H3. The van der Waals surface area contributed by atoms with Gasteiger partial charge in [0, 0.05) is 39.6 Å². The topological polar surface area (TPSA) is 42.0 Å². The van der Waals surface area contributed by atoms with E-state index in [1.165, 1.54) is 32.1 Å². The Hall–Kier alpha value is -0.650. The monoisotopic (exact) mass is 372 g/mol. The summed E-state index contributed by atoms with van der Waals surface area (Å²) in [6.45, 7) is 6.14. The molecule has 0 radical (unpaired) electrons. The van der Waals surface area contributed by atoms with Gasteiger partial charge in [-0.05, 0) is 39.9 Å². The van der Waals surface area contributed by atoms with Gasteiger partial charge in [-0.25, -0.2) is 0 Å². The zero-order valence-electron chi connectivity index (χ0n) is 18.1. The zero-order chi connectivity index (χ0) is 19.6. The summed E-state index contributed by atoms with van der Waals surface area (Å²) in [5.74, 6) is 0.537. The highest BCUT2D eigenvalue weighted by molar-refractivity contribution is 5.76. The summed E-state index contributed by atoms with van der Waals surface area (Å²) in [4.78, 5) is 17.0. The largest absolute Gasteiger partial charge is 0.384 e. The Morgan fingerprint density at radius 2 is 1.42 bits per heavy atom. The first-order valence-electron chi connectivity index (χ1n) is 10.5. The number of hydrogen-bond acceptors (Lipinski definition) is 4. The van der Waals surface area contributed by atoms with Crippen molar-refractivity contribution in [1.82, 2.24) is 9.80 Å². The Labute approximate surface area is 162 Å². The predicted octanol–water partition coefficient (Wildman–Crippen LogP) is 3.82. The molecule has 156 valence electrons. The van der Waals surface area contributed by atoms with Crippen LogP contribution in [0.1, 0.15) is 64.7 Å². The summed E-state index contributed by atoms with van der Waals surface area (Å²) in [7, 11) is 7.60. The van der Waals surface area contributed by atoms with Crippen molar-refractivity contribution in [2.45, 2.75) is 64.7 Å². The van der Waals surface area contributed by atoms with Crippen molar-refractivity contribution in [1.29, 1.82) is 0 Å². The molecular formula is C21H44N2O3. The molecule has 0 aromatic carbocycles. The number of amides is 1. The first kappa shape index (κ1) is 25.4. The second kappa shape index (κ2) is 17.7. The smallest absolute Gasteiger partial charge is 0.222 e. The van der Waals surface area contributed by atoms with Crippen LogP contribution in [0.5, 0.6) is 0 Å². The second-order valence-corrected chi connectivity index (χ2v) is 7.64. The van der Waals surface area contributed by atoms with E-state index in [0.29, 0.717) is 25.5 Å². The normalized spacial score (nSPS) is 11.5. The van der Waals surface area contributed by atoms with Gasteiger partial charge < -0.3 is 19.3 Å². The summed E-state index contributed by atoms with van der Waals surface area (Å²) in [5.41, 5.74) is 0. The van der Waals surface area contributed by atoms with Crippen molar-refractivity contribution in [3.05, 3.63) is 0 Å². The van der Waals surface area contributed by atoms with Crippen molar-refractivity contribution in [3.63, 3.8) is 0 Å². The summed E-state index contributed by atoms with van der Waals surface area (Å²) in [5, 5.41) is 0. The minimum Gasteiger partial charge on any atom is -0.384 e. The van der Waals surface area contributed by atoms with Crippen LogP contribution in [0.3, 0.4) is 0 Å². The summed E-state index contributed by atoms with van der Waals surface area (Å²) in [6, 6.07) is 0. The molecule has 5 nitrogen and oxygen atoms in total. The molecule has 0 aromatic heterocycles. The van der Waals surface area contributed by atoms with Gasteiger partial charge >= 0.3 is 0 Å². The molecule has 0 N–H and O–H groups in total.